The molecule has 1 N–H and O–H groups in total. The Labute approximate surface area is 185 Å². The lowest BCUT2D eigenvalue weighted by molar-refractivity contribution is 0.102. The fraction of sp³-hybridized carbons (Fsp3) is 0.364. The van der Waals surface area contributed by atoms with Gasteiger partial charge in [0.05, 0.1) is 23.9 Å². The van der Waals surface area contributed by atoms with Crippen molar-refractivity contribution < 1.29 is 18.7 Å². The predicted molar refractivity (Wildman–Crippen MR) is 118 cm³/mol. The number of likely N-dealkylation sites (N-methyl/N-ethyl adjacent to an activating group) is 1. The maximum Gasteiger partial charge on any atom is 0.259 e. The van der Waals surface area contributed by atoms with Crippen LogP contribution >= 0.6 is 0 Å². The van der Waals surface area contributed by atoms with Crippen LogP contribution in [-0.4, -0.2) is 59.1 Å². The van der Waals surface area contributed by atoms with Crippen LogP contribution in [0, 0.1) is 5.82 Å². The average molecular weight is 440 g/mol. The highest BCUT2D eigenvalue weighted by molar-refractivity contribution is 6.05. The quantitative estimate of drug-likeness (QED) is 0.629. The number of carbonyl (C=O) groups is 1. The molecular formula is C22H25FN6O3. The van der Waals surface area contributed by atoms with E-state index in [1.165, 1.54) is 12.1 Å². The Kier molecular flexibility index (Phi) is 6.04. The van der Waals surface area contributed by atoms with E-state index in [0.29, 0.717) is 36.2 Å². The lowest BCUT2D eigenvalue weighted by Gasteiger charge is -2.35. The second kappa shape index (κ2) is 8.91. The standard InChI is InChI=1S/C22H25FN6O3/c1-13(2)29-12-24-27-21(29)17-6-5-7-20(25-17)26-22(30)15-8-18-19(9-16(15)23)32-11-14(10-31-4)28(18)3/h5-9,12-14H,10-11H2,1-4H3,(H,25,26,30). The van der Waals surface area contributed by atoms with Crippen molar-refractivity contribution >= 4 is 17.4 Å². The van der Waals surface area contributed by atoms with Crippen LogP contribution in [0.1, 0.15) is 30.2 Å². The molecule has 0 spiro atoms. The number of hydrogen-bond donors (Lipinski definition) is 1. The van der Waals surface area contributed by atoms with Crippen molar-refractivity contribution in [2.24, 2.45) is 0 Å². The molecule has 3 aromatic rings. The molecule has 1 atom stereocenters. The summed E-state index contributed by atoms with van der Waals surface area (Å²) in [6.07, 6.45) is 1.63. The molecule has 1 aliphatic heterocycles. The minimum Gasteiger partial charge on any atom is -0.489 e. The summed E-state index contributed by atoms with van der Waals surface area (Å²) in [6.45, 7) is 4.84. The minimum atomic E-state index is -0.671. The monoisotopic (exact) mass is 440 g/mol. The Morgan fingerprint density at radius 1 is 1.38 bits per heavy atom. The van der Waals surface area contributed by atoms with Crippen molar-refractivity contribution in [2.45, 2.75) is 25.9 Å². The van der Waals surface area contributed by atoms with Gasteiger partial charge in [0.2, 0.25) is 0 Å². The first kappa shape index (κ1) is 21.7. The third-order valence-corrected chi connectivity index (χ3v) is 5.36. The SMILES string of the molecule is COCC1COc2cc(F)c(C(=O)Nc3cccc(-c4nncn4C(C)C)n3)cc2N1C. The zero-order valence-electron chi connectivity index (χ0n) is 18.4. The first-order chi connectivity index (χ1) is 15.4. The smallest absolute Gasteiger partial charge is 0.259 e. The maximum absolute atomic E-state index is 14.7. The molecule has 0 bridgehead atoms. The van der Waals surface area contributed by atoms with E-state index in [-0.39, 0.29) is 23.5 Å². The number of halogens is 1. The summed E-state index contributed by atoms with van der Waals surface area (Å²) in [5.41, 5.74) is 1.07. The Hall–Kier alpha value is -3.53. The van der Waals surface area contributed by atoms with E-state index in [9.17, 15) is 9.18 Å². The molecule has 2 aromatic heterocycles. The number of anilines is 2. The molecule has 4 rings (SSSR count). The number of methoxy groups -OCH3 is 1. The number of fused-ring (bicyclic) bond motifs is 1. The predicted octanol–water partition coefficient (Wildman–Crippen LogP) is 3.16. The fourth-order valence-corrected chi connectivity index (χ4v) is 3.57. The van der Waals surface area contributed by atoms with Gasteiger partial charge in [0, 0.05) is 26.3 Å². The van der Waals surface area contributed by atoms with Crippen molar-refractivity contribution in [3.63, 3.8) is 0 Å². The van der Waals surface area contributed by atoms with E-state index in [0.717, 1.165) is 0 Å². The largest absolute Gasteiger partial charge is 0.489 e. The highest BCUT2D eigenvalue weighted by Crippen LogP contribution is 2.35. The van der Waals surface area contributed by atoms with Gasteiger partial charge in [0.25, 0.3) is 5.91 Å². The number of ether oxygens (including phenoxy) is 2. The molecular weight excluding hydrogens is 415 g/mol. The molecule has 3 heterocycles. The van der Waals surface area contributed by atoms with E-state index in [1.807, 2.05) is 30.4 Å². The summed E-state index contributed by atoms with van der Waals surface area (Å²) < 4.78 is 27.5. The van der Waals surface area contributed by atoms with Crippen LogP contribution in [0.3, 0.4) is 0 Å². The zero-order chi connectivity index (χ0) is 22.8. The first-order valence-electron chi connectivity index (χ1n) is 10.3. The summed E-state index contributed by atoms with van der Waals surface area (Å²) in [5.74, 6) is -0.0241. The van der Waals surface area contributed by atoms with Crippen LogP contribution in [0.25, 0.3) is 11.5 Å². The number of benzene rings is 1. The van der Waals surface area contributed by atoms with Gasteiger partial charge in [-0.2, -0.15) is 0 Å². The molecule has 1 unspecified atom stereocenters. The van der Waals surface area contributed by atoms with Crippen LogP contribution in [0.15, 0.2) is 36.7 Å². The number of aromatic nitrogens is 4. The van der Waals surface area contributed by atoms with E-state index < -0.39 is 11.7 Å². The van der Waals surface area contributed by atoms with Crippen LogP contribution in [0.4, 0.5) is 15.9 Å². The Morgan fingerprint density at radius 2 is 2.19 bits per heavy atom. The molecule has 0 radical (unpaired) electrons. The second-order valence-corrected chi connectivity index (χ2v) is 7.85. The lowest BCUT2D eigenvalue weighted by Crippen LogP contribution is -2.43. The summed E-state index contributed by atoms with van der Waals surface area (Å²) in [7, 11) is 3.47. The highest BCUT2D eigenvalue weighted by Gasteiger charge is 2.28. The van der Waals surface area contributed by atoms with E-state index in [4.69, 9.17) is 9.47 Å². The van der Waals surface area contributed by atoms with Crippen LogP contribution in [-0.2, 0) is 4.74 Å². The van der Waals surface area contributed by atoms with Crippen LogP contribution in [0.5, 0.6) is 5.75 Å². The molecule has 0 aliphatic carbocycles. The number of carbonyl (C=O) groups excluding carboxylic acids is 1. The molecule has 32 heavy (non-hydrogen) atoms. The normalized spacial score (nSPS) is 15.4. The topological polar surface area (TPSA) is 94.4 Å². The number of nitrogens with zero attached hydrogens (tertiary/aromatic N) is 5. The summed E-state index contributed by atoms with van der Waals surface area (Å²) >= 11 is 0. The van der Waals surface area contributed by atoms with Crippen molar-refractivity contribution in [1.29, 1.82) is 0 Å². The lowest BCUT2D eigenvalue weighted by atomic mass is 10.1. The van der Waals surface area contributed by atoms with Crippen molar-refractivity contribution in [2.75, 3.05) is 37.6 Å². The van der Waals surface area contributed by atoms with Gasteiger partial charge in [0.15, 0.2) is 5.82 Å². The van der Waals surface area contributed by atoms with Crippen LogP contribution < -0.4 is 15.0 Å². The fourth-order valence-electron chi connectivity index (χ4n) is 3.57. The molecule has 0 fully saturated rings. The molecule has 1 amide bonds. The second-order valence-electron chi connectivity index (χ2n) is 7.85. The van der Waals surface area contributed by atoms with E-state index >= 15 is 0 Å². The van der Waals surface area contributed by atoms with Gasteiger partial charge in [0.1, 0.15) is 36.0 Å². The van der Waals surface area contributed by atoms with Gasteiger partial charge in [-0.15, -0.1) is 10.2 Å². The van der Waals surface area contributed by atoms with Crippen molar-refractivity contribution in [3.05, 3.63) is 48.0 Å². The third kappa shape index (κ3) is 4.13. The number of hydrogen-bond acceptors (Lipinski definition) is 7. The van der Waals surface area contributed by atoms with Gasteiger partial charge in [-0.1, -0.05) is 6.07 Å². The maximum atomic E-state index is 14.7. The highest BCUT2D eigenvalue weighted by atomic mass is 19.1. The van der Waals surface area contributed by atoms with Crippen molar-refractivity contribution in [3.8, 4) is 17.3 Å². The number of amides is 1. The Morgan fingerprint density at radius 3 is 2.94 bits per heavy atom. The summed E-state index contributed by atoms with van der Waals surface area (Å²) in [6, 6.07) is 7.99. The zero-order valence-corrected chi connectivity index (χ0v) is 18.4. The van der Waals surface area contributed by atoms with E-state index in [2.05, 4.69) is 20.5 Å². The number of pyridine rings is 1. The van der Waals surface area contributed by atoms with Gasteiger partial charge in [-0.25, -0.2) is 9.37 Å². The molecule has 1 aliphatic rings. The number of rotatable bonds is 6. The Balaban J connectivity index is 1.59. The van der Waals surface area contributed by atoms with Crippen molar-refractivity contribution in [1.82, 2.24) is 19.7 Å². The minimum absolute atomic E-state index is 0.0365. The molecule has 0 saturated carbocycles. The molecule has 9 nitrogen and oxygen atoms in total. The molecule has 1 aromatic carbocycles. The molecule has 168 valence electrons. The Bertz CT molecular complexity index is 1130. The van der Waals surface area contributed by atoms with E-state index in [1.54, 1.807) is 31.6 Å². The molecule has 0 saturated heterocycles. The summed E-state index contributed by atoms with van der Waals surface area (Å²) in [5, 5.41) is 10.8. The van der Waals surface area contributed by atoms with Gasteiger partial charge in [-0.05, 0) is 32.0 Å². The van der Waals surface area contributed by atoms with Gasteiger partial charge < -0.3 is 24.3 Å². The average Bonchev–Trinajstić information content (AvgIpc) is 3.26. The van der Waals surface area contributed by atoms with Gasteiger partial charge >= 0.3 is 0 Å². The van der Waals surface area contributed by atoms with Crippen LogP contribution in [0.2, 0.25) is 0 Å². The first-order valence-corrected chi connectivity index (χ1v) is 10.3. The summed E-state index contributed by atoms with van der Waals surface area (Å²) in [4.78, 5) is 19.3. The number of nitrogens with one attached hydrogen (secondary N) is 1. The molecule has 10 heteroatoms. The third-order valence-electron chi connectivity index (χ3n) is 5.36. The van der Waals surface area contributed by atoms with Gasteiger partial charge in [-0.3, -0.25) is 4.79 Å².